The quantitative estimate of drug-likeness (QED) is 0.780. The van der Waals surface area contributed by atoms with Crippen molar-refractivity contribution in [1.82, 2.24) is 15.3 Å². The molecule has 1 heterocycles. The van der Waals surface area contributed by atoms with Crippen molar-refractivity contribution in [3.63, 3.8) is 0 Å². The summed E-state index contributed by atoms with van der Waals surface area (Å²) in [6.07, 6.45) is 10.0. The summed E-state index contributed by atoms with van der Waals surface area (Å²) in [6.45, 7) is 5.32. The minimum atomic E-state index is 0.646. The second-order valence-corrected chi connectivity index (χ2v) is 6.35. The summed E-state index contributed by atoms with van der Waals surface area (Å²) in [5, 5.41) is 4.34. The Balaban J connectivity index is 1.87. The van der Waals surface area contributed by atoms with Crippen molar-refractivity contribution in [2.75, 3.05) is 0 Å². The van der Waals surface area contributed by atoms with Crippen LogP contribution in [0.25, 0.3) is 0 Å². The molecule has 0 bridgehead atoms. The zero-order chi connectivity index (χ0) is 14.4. The predicted octanol–water partition coefficient (Wildman–Crippen LogP) is 4.46. The molecule has 114 valence electrons. The maximum atomic E-state index is 6.23. The highest BCUT2D eigenvalue weighted by atomic mass is 35.5. The van der Waals surface area contributed by atoms with E-state index < -0.39 is 0 Å². The molecule has 2 unspecified atom stereocenters. The fourth-order valence-corrected chi connectivity index (χ4v) is 3.43. The number of halogens is 1. The van der Waals surface area contributed by atoms with Crippen LogP contribution in [0.2, 0.25) is 5.15 Å². The van der Waals surface area contributed by atoms with Crippen LogP contribution in [0.4, 0.5) is 0 Å². The van der Waals surface area contributed by atoms with E-state index in [1.165, 1.54) is 38.5 Å². The molecule has 1 aliphatic rings. The van der Waals surface area contributed by atoms with Crippen LogP contribution in [-0.2, 0) is 13.0 Å². The summed E-state index contributed by atoms with van der Waals surface area (Å²) >= 11 is 6.23. The highest BCUT2D eigenvalue weighted by Gasteiger charge is 2.23. The fourth-order valence-electron chi connectivity index (χ4n) is 3.22. The molecule has 0 aliphatic heterocycles. The summed E-state index contributed by atoms with van der Waals surface area (Å²) < 4.78 is 0. The van der Waals surface area contributed by atoms with Crippen molar-refractivity contribution in [3.05, 3.63) is 16.7 Å². The molecular weight excluding hydrogens is 270 g/mol. The van der Waals surface area contributed by atoms with Gasteiger partial charge in [0.05, 0.1) is 5.69 Å². The Labute approximate surface area is 127 Å². The van der Waals surface area contributed by atoms with Gasteiger partial charge in [-0.3, -0.25) is 0 Å². The number of H-pyrrole nitrogens is 1. The zero-order valence-corrected chi connectivity index (χ0v) is 13.6. The van der Waals surface area contributed by atoms with E-state index in [0.717, 1.165) is 36.8 Å². The van der Waals surface area contributed by atoms with Gasteiger partial charge in [0.15, 0.2) is 5.15 Å². The number of aromatic nitrogens is 2. The first-order valence-corrected chi connectivity index (χ1v) is 8.59. The number of aromatic amines is 1. The van der Waals surface area contributed by atoms with Crippen molar-refractivity contribution in [1.29, 1.82) is 0 Å². The lowest BCUT2D eigenvalue weighted by Crippen LogP contribution is -2.37. The van der Waals surface area contributed by atoms with Crippen LogP contribution < -0.4 is 5.32 Å². The van der Waals surface area contributed by atoms with Crippen LogP contribution >= 0.6 is 11.6 Å². The van der Waals surface area contributed by atoms with Gasteiger partial charge in [-0.2, -0.15) is 0 Å². The Bertz CT molecular complexity index is 402. The van der Waals surface area contributed by atoms with Crippen LogP contribution in [0, 0.1) is 5.92 Å². The molecule has 1 aromatic heterocycles. The van der Waals surface area contributed by atoms with E-state index in [0.29, 0.717) is 11.2 Å². The van der Waals surface area contributed by atoms with Crippen LogP contribution in [0.1, 0.15) is 70.3 Å². The molecule has 4 heteroatoms. The fraction of sp³-hybridized carbons (Fsp3) is 0.812. The third-order valence-corrected chi connectivity index (χ3v) is 4.83. The van der Waals surface area contributed by atoms with E-state index in [1.54, 1.807) is 0 Å². The molecule has 2 rings (SSSR count). The summed E-state index contributed by atoms with van der Waals surface area (Å²) in [4.78, 5) is 7.80. The number of nitrogens with one attached hydrogen (secondary N) is 2. The molecule has 3 nitrogen and oxygen atoms in total. The van der Waals surface area contributed by atoms with Gasteiger partial charge in [0.25, 0.3) is 0 Å². The van der Waals surface area contributed by atoms with Crippen molar-refractivity contribution < 1.29 is 0 Å². The number of rotatable bonds is 7. The second-order valence-electron chi connectivity index (χ2n) is 6.00. The first kappa shape index (κ1) is 15.8. The molecule has 0 aromatic carbocycles. The molecule has 2 atom stereocenters. The van der Waals surface area contributed by atoms with Crippen molar-refractivity contribution in [2.24, 2.45) is 5.92 Å². The molecule has 0 spiro atoms. The molecule has 1 saturated carbocycles. The van der Waals surface area contributed by atoms with Gasteiger partial charge < -0.3 is 10.3 Å². The van der Waals surface area contributed by atoms with Gasteiger partial charge in [0.1, 0.15) is 5.82 Å². The van der Waals surface area contributed by atoms with Gasteiger partial charge >= 0.3 is 0 Å². The van der Waals surface area contributed by atoms with E-state index in [2.05, 4.69) is 29.1 Å². The predicted molar refractivity (Wildman–Crippen MR) is 85.1 cm³/mol. The number of hydrogen-bond donors (Lipinski definition) is 2. The van der Waals surface area contributed by atoms with Crippen molar-refractivity contribution in [3.8, 4) is 0 Å². The summed E-state index contributed by atoms with van der Waals surface area (Å²) in [5.74, 6) is 1.86. The topological polar surface area (TPSA) is 40.7 Å². The van der Waals surface area contributed by atoms with Crippen LogP contribution in [0.5, 0.6) is 0 Å². The number of imidazole rings is 1. The number of unbranched alkanes of at least 4 members (excludes halogenated alkanes) is 1. The second kappa shape index (κ2) is 8.04. The van der Waals surface area contributed by atoms with E-state index in [9.17, 15) is 0 Å². The lowest BCUT2D eigenvalue weighted by atomic mass is 9.83. The Kier molecular flexibility index (Phi) is 6.37. The van der Waals surface area contributed by atoms with E-state index >= 15 is 0 Å². The zero-order valence-electron chi connectivity index (χ0n) is 12.8. The first-order chi connectivity index (χ1) is 9.74. The van der Waals surface area contributed by atoms with Crippen LogP contribution in [0.3, 0.4) is 0 Å². The van der Waals surface area contributed by atoms with Crippen molar-refractivity contribution >= 4 is 11.6 Å². The Morgan fingerprint density at radius 2 is 2.10 bits per heavy atom. The van der Waals surface area contributed by atoms with Gasteiger partial charge in [0.2, 0.25) is 0 Å². The summed E-state index contributed by atoms with van der Waals surface area (Å²) in [5.41, 5.74) is 1.05. The normalized spacial score (nSPS) is 23.1. The highest BCUT2D eigenvalue weighted by molar-refractivity contribution is 6.30. The molecule has 20 heavy (non-hydrogen) atoms. The number of hydrogen-bond acceptors (Lipinski definition) is 2. The Hall–Kier alpha value is -0.540. The molecule has 0 amide bonds. The molecule has 2 N–H and O–H groups in total. The average molecular weight is 298 g/mol. The lowest BCUT2D eigenvalue weighted by molar-refractivity contribution is 0.254. The average Bonchev–Trinajstić information content (AvgIpc) is 2.83. The van der Waals surface area contributed by atoms with E-state index in [4.69, 9.17) is 11.6 Å². The minimum Gasteiger partial charge on any atom is -0.344 e. The monoisotopic (exact) mass is 297 g/mol. The molecule has 1 aromatic rings. The standard InChI is InChI=1S/C16H28ClN3/c1-3-5-10-15-19-14(16(17)20-15)11-18-13-9-7-6-8-12(13)4-2/h12-13,18H,3-11H2,1-2H3,(H,19,20). The van der Waals surface area contributed by atoms with Crippen LogP contribution in [-0.4, -0.2) is 16.0 Å². The molecule has 0 saturated heterocycles. The highest BCUT2D eigenvalue weighted by Crippen LogP contribution is 2.27. The third-order valence-electron chi connectivity index (χ3n) is 4.52. The maximum Gasteiger partial charge on any atom is 0.151 e. The first-order valence-electron chi connectivity index (χ1n) is 8.21. The smallest absolute Gasteiger partial charge is 0.151 e. The van der Waals surface area contributed by atoms with Gasteiger partial charge in [-0.25, -0.2) is 4.98 Å². The third kappa shape index (κ3) is 4.23. The number of aryl methyl sites for hydroxylation is 1. The summed E-state index contributed by atoms with van der Waals surface area (Å²) in [6, 6.07) is 0.646. The van der Waals surface area contributed by atoms with E-state index in [-0.39, 0.29) is 0 Å². The number of nitrogens with zero attached hydrogens (tertiary/aromatic N) is 1. The lowest BCUT2D eigenvalue weighted by Gasteiger charge is -2.31. The Morgan fingerprint density at radius 3 is 2.85 bits per heavy atom. The molecular formula is C16H28ClN3. The van der Waals surface area contributed by atoms with Gasteiger partial charge in [-0.05, 0) is 25.2 Å². The minimum absolute atomic E-state index is 0.646. The Morgan fingerprint density at radius 1 is 1.30 bits per heavy atom. The van der Waals surface area contributed by atoms with Gasteiger partial charge in [-0.15, -0.1) is 0 Å². The molecule has 1 fully saturated rings. The van der Waals surface area contributed by atoms with Gasteiger partial charge in [0, 0.05) is 19.0 Å². The van der Waals surface area contributed by atoms with Crippen LogP contribution in [0.15, 0.2) is 0 Å². The SMILES string of the molecule is CCCCc1nc(Cl)c(CNC2CCCCC2CC)[nH]1. The molecule has 1 aliphatic carbocycles. The maximum absolute atomic E-state index is 6.23. The molecule has 0 radical (unpaired) electrons. The van der Waals surface area contributed by atoms with Gasteiger partial charge in [-0.1, -0.05) is 51.1 Å². The van der Waals surface area contributed by atoms with Crippen molar-refractivity contribution in [2.45, 2.75) is 77.8 Å². The summed E-state index contributed by atoms with van der Waals surface area (Å²) in [7, 11) is 0. The largest absolute Gasteiger partial charge is 0.344 e. The van der Waals surface area contributed by atoms with E-state index in [1.807, 2.05) is 0 Å².